The number of nitrogens with one attached hydrogen (secondary N) is 2. The van der Waals surface area contributed by atoms with Gasteiger partial charge in [-0.2, -0.15) is 0 Å². The molecule has 1 fully saturated rings. The largest absolute Gasteiger partial charge is 0.354 e. The lowest BCUT2D eigenvalue weighted by Gasteiger charge is -2.26. The molecule has 24 heavy (non-hydrogen) atoms. The van der Waals surface area contributed by atoms with Crippen LogP contribution in [0.5, 0.6) is 0 Å². The lowest BCUT2D eigenvalue weighted by molar-refractivity contribution is -0.119. The van der Waals surface area contributed by atoms with E-state index >= 15 is 0 Å². The van der Waals surface area contributed by atoms with Crippen molar-refractivity contribution < 1.29 is 9.59 Å². The molecule has 2 heterocycles. The van der Waals surface area contributed by atoms with Crippen LogP contribution in [0.1, 0.15) is 74.6 Å². The zero-order valence-corrected chi connectivity index (χ0v) is 14.7. The molecule has 1 aromatic rings. The molecule has 1 aliphatic heterocycles. The minimum atomic E-state index is -0.0647. The van der Waals surface area contributed by atoms with E-state index in [4.69, 9.17) is 0 Å². The highest BCUT2D eigenvalue weighted by molar-refractivity contribution is 5.92. The third kappa shape index (κ3) is 3.62. The third-order valence-electron chi connectivity index (χ3n) is 5.43. The summed E-state index contributed by atoms with van der Waals surface area (Å²) in [4.78, 5) is 28.5. The standard InChI is InChI=1S/C18H28N4O2/c1-12-6-5-9-22-16(11-20-17(12)22)18(24)21-15(10-19-13(2)23)14-7-3-4-8-14/h11-12,14-15H,3-10H2,1-2H3,(H,19,23)(H,21,24). The SMILES string of the molecule is CC(=O)NCC(NC(=O)c1cnc2n1CCCC2C)C1CCCC1. The monoisotopic (exact) mass is 332 g/mol. The van der Waals surface area contributed by atoms with E-state index in [1.54, 1.807) is 6.20 Å². The van der Waals surface area contributed by atoms with Gasteiger partial charge in [-0.25, -0.2) is 4.98 Å². The highest BCUT2D eigenvalue weighted by Crippen LogP contribution is 2.29. The van der Waals surface area contributed by atoms with Crippen LogP contribution in [0.3, 0.4) is 0 Å². The molecular weight excluding hydrogens is 304 g/mol. The van der Waals surface area contributed by atoms with Gasteiger partial charge in [0.1, 0.15) is 11.5 Å². The third-order valence-corrected chi connectivity index (χ3v) is 5.43. The highest BCUT2D eigenvalue weighted by Gasteiger charge is 2.29. The minimum absolute atomic E-state index is 0.00364. The van der Waals surface area contributed by atoms with Crippen molar-refractivity contribution in [3.05, 3.63) is 17.7 Å². The number of imidazole rings is 1. The van der Waals surface area contributed by atoms with Crippen LogP contribution in [0, 0.1) is 5.92 Å². The van der Waals surface area contributed by atoms with E-state index < -0.39 is 0 Å². The number of amides is 2. The molecule has 2 aliphatic rings. The van der Waals surface area contributed by atoms with E-state index in [0.29, 0.717) is 24.1 Å². The van der Waals surface area contributed by atoms with Gasteiger partial charge in [-0.05, 0) is 31.6 Å². The normalized spacial score (nSPS) is 22.0. The van der Waals surface area contributed by atoms with Gasteiger partial charge in [0.25, 0.3) is 5.91 Å². The zero-order valence-electron chi connectivity index (χ0n) is 14.7. The molecule has 6 nitrogen and oxygen atoms in total. The molecule has 2 atom stereocenters. The average Bonchev–Trinajstić information content (AvgIpc) is 3.21. The van der Waals surface area contributed by atoms with Crippen LogP contribution in [-0.2, 0) is 11.3 Å². The van der Waals surface area contributed by atoms with Gasteiger partial charge in [0, 0.05) is 32.0 Å². The lowest BCUT2D eigenvalue weighted by Crippen LogP contribution is -2.47. The van der Waals surface area contributed by atoms with Crippen molar-refractivity contribution in [2.75, 3.05) is 6.54 Å². The van der Waals surface area contributed by atoms with Crippen molar-refractivity contribution in [1.82, 2.24) is 20.2 Å². The number of carbonyl (C=O) groups is 2. The fourth-order valence-corrected chi connectivity index (χ4v) is 4.08. The molecule has 1 saturated carbocycles. The summed E-state index contributed by atoms with van der Waals surface area (Å²) in [5.74, 6) is 1.76. The fraction of sp³-hybridized carbons (Fsp3) is 0.722. The maximum absolute atomic E-state index is 12.8. The summed E-state index contributed by atoms with van der Waals surface area (Å²) in [5.41, 5.74) is 0.655. The number of hydrogen-bond acceptors (Lipinski definition) is 3. The van der Waals surface area contributed by atoms with E-state index in [2.05, 4.69) is 27.1 Å². The molecule has 3 rings (SSSR count). The molecule has 2 unspecified atom stereocenters. The van der Waals surface area contributed by atoms with Crippen LogP contribution in [0.15, 0.2) is 6.20 Å². The highest BCUT2D eigenvalue weighted by atomic mass is 16.2. The number of nitrogens with zero attached hydrogens (tertiary/aromatic N) is 2. The van der Waals surface area contributed by atoms with Crippen LogP contribution in [0.2, 0.25) is 0 Å². The second kappa shape index (κ2) is 7.36. The predicted molar refractivity (Wildman–Crippen MR) is 91.8 cm³/mol. The Morgan fingerprint density at radius 2 is 2.04 bits per heavy atom. The number of rotatable bonds is 5. The summed E-state index contributed by atoms with van der Waals surface area (Å²) in [5, 5.41) is 6.03. The van der Waals surface area contributed by atoms with Gasteiger partial charge >= 0.3 is 0 Å². The number of hydrogen-bond donors (Lipinski definition) is 2. The van der Waals surface area contributed by atoms with Gasteiger partial charge in [0.2, 0.25) is 5.91 Å². The van der Waals surface area contributed by atoms with Crippen molar-refractivity contribution >= 4 is 11.8 Å². The second-order valence-electron chi connectivity index (χ2n) is 7.26. The Balaban J connectivity index is 1.72. The van der Waals surface area contributed by atoms with Crippen LogP contribution in [0.25, 0.3) is 0 Å². The molecule has 0 saturated heterocycles. The summed E-state index contributed by atoms with van der Waals surface area (Å²) in [6.07, 6.45) is 8.57. The molecule has 2 amide bonds. The Morgan fingerprint density at radius 1 is 1.29 bits per heavy atom. The van der Waals surface area contributed by atoms with Gasteiger partial charge in [-0.15, -0.1) is 0 Å². The Kier molecular flexibility index (Phi) is 5.21. The average molecular weight is 332 g/mol. The Morgan fingerprint density at radius 3 is 2.75 bits per heavy atom. The van der Waals surface area contributed by atoms with Crippen molar-refractivity contribution in [3.8, 4) is 0 Å². The van der Waals surface area contributed by atoms with Gasteiger partial charge in [0.05, 0.1) is 6.20 Å². The van der Waals surface area contributed by atoms with E-state index in [1.165, 1.54) is 19.8 Å². The van der Waals surface area contributed by atoms with Gasteiger partial charge < -0.3 is 15.2 Å². The smallest absolute Gasteiger partial charge is 0.269 e. The molecule has 0 radical (unpaired) electrons. The first-order valence-electron chi connectivity index (χ1n) is 9.17. The van der Waals surface area contributed by atoms with Crippen molar-refractivity contribution in [3.63, 3.8) is 0 Å². The van der Waals surface area contributed by atoms with Crippen LogP contribution in [0.4, 0.5) is 0 Å². The summed E-state index contributed by atoms with van der Waals surface area (Å²) in [6, 6.07) is -0.00364. The topological polar surface area (TPSA) is 76.0 Å². The van der Waals surface area contributed by atoms with Crippen molar-refractivity contribution in [1.29, 1.82) is 0 Å². The molecule has 132 valence electrons. The molecule has 6 heteroatoms. The predicted octanol–water partition coefficient (Wildman–Crippen LogP) is 2.21. The number of aromatic nitrogens is 2. The van der Waals surface area contributed by atoms with Crippen LogP contribution >= 0.6 is 0 Å². The van der Waals surface area contributed by atoms with Gasteiger partial charge in [-0.3, -0.25) is 9.59 Å². The van der Waals surface area contributed by atoms with Crippen molar-refractivity contribution in [2.45, 2.75) is 70.9 Å². The minimum Gasteiger partial charge on any atom is -0.354 e. The first-order valence-corrected chi connectivity index (χ1v) is 9.17. The number of carbonyl (C=O) groups excluding carboxylic acids is 2. The molecule has 1 aliphatic carbocycles. The molecule has 1 aromatic heterocycles. The van der Waals surface area contributed by atoms with E-state index in [9.17, 15) is 9.59 Å². The van der Waals surface area contributed by atoms with E-state index in [-0.39, 0.29) is 17.9 Å². The van der Waals surface area contributed by atoms with Crippen molar-refractivity contribution in [2.24, 2.45) is 5.92 Å². The molecule has 2 N–H and O–H groups in total. The summed E-state index contributed by atoms with van der Waals surface area (Å²) in [6.45, 7) is 5.05. The second-order valence-corrected chi connectivity index (χ2v) is 7.26. The number of fused-ring (bicyclic) bond motifs is 1. The van der Waals surface area contributed by atoms with Gasteiger partial charge in [0.15, 0.2) is 0 Å². The Labute approximate surface area is 143 Å². The maximum atomic E-state index is 12.8. The van der Waals surface area contributed by atoms with Crippen LogP contribution < -0.4 is 10.6 Å². The first kappa shape index (κ1) is 17.0. The Bertz CT molecular complexity index is 604. The van der Waals surface area contributed by atoms with Crippen LogP contribution in [-0.4, -0.2) is 34.0 Å². The maximum Gasteiger partial charge on any atom is 0.269 e. The molecule has 0 bridgehead atoms. The summed E-state index contributed by atoms with van der Waals surface area (Å²) in [7, 11) is 0. The van der Waals surface area contributed by atoms with E-state index in [1.807, 2.05) is 0 Å². The Hall–Kier alpha value is -1.85. The lowest BCUT2D eigenvalue weighted by atomic mass is 9.97. The molecular formula is C18H28N4O2. The summed E-state index contributed by atoms with van der Waals surface area (Å²) < 4.78 is 2.06. The quantitative estimate of drug-likeness (QED) is 0.868. The zero-order chi connectivity index (χ0) is 17.1. The first-order chi connectivity index (χ1) is 11.6. The fourth-order valence-electron chi connectivity index (χ4n) is 4.08. The molecule has 0 aromatic carbocycles. The van der Waals surface area contributed by atoms with Gasteiger partial charge in [-0.1, -0.05) is 19.8 Å². The van der Waals surface area contributed by atoms with E-state index in [0.717, 1.165) is 38.1 Å². The summed E-state index contributed by atoms with van der Waals surface area (Å²) >= 11 is 0. The molecule has 0 spiro atoms.